The number of carbonyl (C=O) groups is 2. The van der Waals surface area contributed by atoms with Gasteiger partial charge in [0.15, 0.2) is 11.5 Å². The van der Waals surface area contributed by atoms with E-state index < -0.39 is 0 Å². The van der Waals surface area contributed by atoms with Gasteiger partial charge in [-0.1, -0.05) is 0 Å². The number of pyridine rings is 1. The van der Waals surface area contributed by atoms with E-state index in [1.165, 1.54) is 7.11 Å². The van der Waals surface area contributed by atoms with Crippen molar-refractivity contribution >= 4 is 17.5 Å². The standard InChI is InChI=1S/C19H21N3O4/c1-25-16-4-3-15(10-17(16)26-2)21-19(24)14-9-18(23)22(12-14)11-13-5-7-20-8-6-13/h3-8,10,14H,9,11-12H2,1-2H3,(H,21,24). The molecular formula is C19H21N3O4. The van der Waals surface area contributed by atoms with Crippen LogP contribution in [0.1, 0.15) is 12.0 Å². The molecule has 1 unspecified atom stereocenters. The Morgan fingerprint density at radius 2 is 1.92 bits per heavy atom. The molecule has 1 aliphatic heterocycles. The highest BCUT2D eigenvalue weighted by Gasteiger charge is 2.34. The Morgan fingerprint density at radius 1 is 1.19 bits per heavy atom. The minimum atomic E-state index is -0.377. The zero-order chi connectivity index (χ0) is 18.5. The maximum absolute atomic E-state index is 12.5. The van der Waals surface area contributed by atoms with Crippen LogP contribution >= 0.6 is 0 Å². The topological polar surface area (TPSA) is 80.8 Å². The molecule has 0 spiro atoms. The number of hydrogen-bond acceptors (Lipinski definition) is 5. The van der Waals surface area contributed by atoms with Crippen LogP contribution in [0.5, 0.6) is 11.5 Å². The summed E-state index contributed by atoms with van der Waals surface area (Å²) in [6, 6.07) is 8.89. The van der Waals surface area contributed by atoms with E-state index in [2.05, 4.69) is 10.3 Å². The number of nitrogens with one attached hydrogen (secondary N) is 1. The molecule has 1 aliphatic rings. The van der Waals surface area contributed by atoms with Crippen molar-refractivity contribution in [2.75, 3.05) is 26.1 Å². The highest BCUT2D eigenvalue weighted by atomic mass is 16.5. The molecule has 2 amide bonds. The quantitative estimate of drug-likeness (QED) is 0.858. The summed E-state index contributed by atoms with van der Waals surface area (Å²) in [5.74, 6) is 0.548. The monoisotopic (exact) mass is 355 g/mol. The van der Waals surface area contributed by atoms with Crippen molar-refractivity contribution in [3.63, 3.8) is 0 Å². The number of nitrogens with zero attached hydrogens (tertiary/aromatic N) is 2. The van der Waals surface area contributed by atoms with Gasteiger partial charge in [-0.25, -0.2) is 0 Å². The van der Waals surface area contributed by atoms with Crippen LogP contribution in [0.25, 0.3) is 0 Å². The van der Waals surface area contributed by atoms with Gasteiger partial charge in [0.2, 0.25) is 11.8 Å². The number of likely N-dealkylation sites (tertiary alicyclic amines) is 1. The fourth-order valence-electron chi connectivity index (χ4n) is 2.97. The Balaban J connectivity index is 1.63. The number of anilines is 1. The number of amides is 2. The molecule has 1 aromatic carbocycles. The van der Waals surface area contributed by atoms with Crippen molar-refractivity contribution in [1.82, 2.24) is 9.88 Å². The third-order valence-corrected chi connectivity index (χ3v) is 4.36. The van der Waals surface area contributed by atoms with E-state index in [0.29, 0.717) is 30.3 Å². The summed E-state index contributed by atoms with van der Waals surface area (Å²) in [6.45, 7) is 0.891. The van der Waals surface area contributed by atoms with Gasteiger partial charge in [-0.15, -0.1) is 0 Å². The van der Waals surface area contributed by atoms with Gasteiger partial charge in [-0.3, -0.25) is 14.6 Å². The molecule has 7 nitrogen and oxygen atoms in total. The lowest BCUT2D eigenvalue weighted by Gasteiger charge is -2.17. The molecule has 0 bridgehead atoms. The number of ether oxygens (including phenoxy) is 2. The van der Waals surface area contributed by atoms with Crippen molar-refractivity contribution in [2.24, 2.45) is 5.92 Å². The van der Waals surface area contributed by atoms with E-state index in [1.807, 2.05) is 12.1 Å². The van der Waals surface area contributed by atoms with E-state index in [9.17, 15) is 9.59 Å². The lowest BCUT2D eigenvalue weighted by molar-refractivity contribution is -0.128. The Hall–Kier alpha value is -3.09. The van der Waals surface area contributed by atoms with E-state index in [0.717, 1.165) is 5.56 Å². The van der Waals surface area contributed by atoms with Gasteiger partial charge in [0.1, 0.15) is 0 Å². The molecule has 136 valence electrons. The first-order valence-corrected chi connectivity index (χ1v) is 8.30. The third kappa shape index (κ3) is 3.93. The molecule has 26 heavy (non-hydrogen) atoms. The molecule has 0 radical (unpaired) electrons. The van der Waals surface area contributed by atoms with Crippen LogP contribution in [-0.4, -0.2) is 42.5 Å². The summed E-state index contributed by atoms with van der Waals surface area (Å²) >= 11 is 0. The third-order valence-electron chi connectivity index (χ3n) is 4.36. The molecule has 2 aromatic rings. The van der Waals surface area contributed by atoms with E-state index in [-0.39, 0.29) is 24.2 Å². The Kier molecular flexibility index (Phi) is 5.36. The number of benzene rings is 1. The van der Waals surface area contributed by atoms with Crippen LogP contribution in [0.2, 0.25) is 0 Å². The van der Waals surface area contributed by atoms with Crippen LogP contribution in [0.15, 0.2) is 42.7 Å². The molecule has 1 aromatic heterocycles. The maximum Gasteiger partial charge on any atom is 0.229 e. The SMILES string of the molecule is COc1ccc(NC(=O)C2CC(=O)N(Cc3ccncc3)C2)cc1OC. The number of carbonyl (C=O) groups excluding carboxylic acids is 2. The van der Waals surface area contributed by atoms with Crippen LogP contribution in [0.4, 0.5) is 5.69 Å². The van der Waals surface area contributed by atoms with Gasteiger partial charge in [-0.05, 0) is 29.8 Å². The molecule has 7 heteroatoms. The number of hydrogen-bond donors (Lipinski definition) is 1. The highest BCUT2D eigenvalue weighted by molar-refractivity contribution is 5.97. The summed E-state index contributed by atoms with van der Waals surface area (Å²) in [6.07, 6.45) is 3.60. The van der Waals surface area contributed by atoms with Gasteiger partial charge in [0, 0.05) is 43.7 Å². The summed E-state index contributed by atoms with van der Waals surface area (Å²) in [5.41, 5.74) is 1.60. The summed E-state index contributed by atoms with van der Waals surface area (Å²) in [7, 11) is 3.09. The van der Waals surface area contributed by atoms with Gasteiger partial charge < -0.3 is 19.7 Å². The van der Waals surface area contributed by atoms with Crippen molar-refractivity contribution in [2.45, 2.75) is 13.0 Å². The molecular weight excluding hydrogens is 334 g/mol. The largest absolute Gasteiger partial charge is 0.493 e. The molecule has 0 aliphatic carbocycles. The number of aromatic nitrogens is 1. The summed E-state index contributed by atoms with van der Waals surface area (Å²) in [4.78, 5) is 30.4. The average molecular weight is 355 g/mol. The Labute approximate surface area is 151 Å². The van der Waals surface area contributed by atoms with Crippen LogP contribution in [-0.2, 0) is 16.1 Å². The zero-order valence-corrected chi connectivity index (χ0v) is 14.8. The first-order chi connectivity index (χ1) is 12.6. The molecule has 0 saturated carbocycles. The molecule has 1 N–H and O–H groups in total. The fourth-order valence-corrected chi connectivity index (χ4v) is 2.97. The zero-order valence-electron chi connectivity index (χ0n) is 14.8. The van der Waals surface area contributed by atoms with Crippen molar-refractivity contribution < 1.29 is 19.1 Å². The molecule has 3 rings (SSSR count). The molecule has 2 heterocycles. The van der Waals surface area contributed by atoms with Gasteiger partial charge >= 0.3 is 0 Å². The van der Waals surface area contributed by atoms with Gasteiger partial charge in [-0.2, -0.15) is 0 Å². The van der Waals surface area contributed by atoms with Crippen LogP contribution in [0, 0.1) is 5.92 Å². The first kappa shape index (κ1) is 17.7. The maximum atomic E-state index is 12.5. The predicted molar refractivity (Wildman–Crippen MR) is 95.9 cm³/mol. The number of methoxy groups -OCH3 is 2. The van der Waals surface area contributed by atoms with Crippen LogP contribution in [0.3, 0.4) is 0 Å². The average Bonchev–Trinajstić information content (AvgIpc) is 3.03. The van der Waals surface area contributed by atoms with Crippen molar-refractivity contribution in [3.8, 4) is 11.5 Å². The van der Waals surface area contributed by atoms with Crippen LogP contribution < -0.4 is 14.8 Å². The van der Waals surface area contributed by atoms with Gasteiger partial charge in [0.25, 0.3) is 0 Å². The second-order valence-electron chi connectivity index (χ2n) is 6.09. The summed E-state index contributed by atoms with van der Waals surface area (Å²) in [5, 5.41) is 2.85. The minimum absolute atomic E-state index is 0.0192. The van der Waals surface area contributed by atoms with Crippen molar-refractivity contribution in [1.29, 1.82) is 0 Å². The molecule has 1 saturated heterocycles. The smallest absolute Gasteiger partial charge is 0.229 e. The van der Waals surface area contributed by atoms with E-state index in [4.69, 9.17) is 9.47 Å². The normalized spacial score (nSPS) is 16.5. The van der Waals surface area contributed by atoms with Crippen molar-refractivity contribution in [3.05, 3.63) is 48.3 Å². The second kappa shape index (κ2) is 7.86. The number of rotatable bonds is 6. The minimum Gasteiger partial charge on any atom is -0.493 e. The Morgan fingerprint density at radius 3 is 2.62 bits per heavy atom. The fraction of sp³-hybridized carbons (Fsp3) is 0.316. The second-order valence-corrected chi connectivity index (χ2v) is 6.09. The van der Waals surface area contributed by atoms with E-state index >= 15 is 0 Å². The molecule has 1 atom stereocenters. The van der Waals surface area contributed by atoms with E-state index in [1.54, 1.807) is 42.6 Å². The highest BCUT2D eigenvalue weighted by Crippen LogP contribution is 2.30. The lowest BCUT2D eigenvalue weighted by Crippen LogP contribution is -2.28. The van der Waals surface area contributed by atoms with Gasteiger partial charge in [0.05, 0.1) is 20.1 Å². The molecule has 1 fully saturated rings. The summed E-state index contributed by atoms with van der Waals surface area (Å²) < 4.78 is 10.4. The first-order valence-electron chi connectivity index (χ1n) is 8.30. The lowest BCUT2D eigenvalue weighted by atomic mass is 10.1. The Bertz CT molecular complexity index is 795. The predicted octanol–water partition coefficient (Wildman–Crippen LogP) is 2.09.